The largest absolute Gasteiger partial charge is 0.396 e. The smallest absolute Gasteiger partial charge is 0.349 e. The molecule has 35 heavy (non-hydrogen) atoms. The van der Waals surface area contributed by atoms with E-state index < -0.39 is 0 Å². The number of unbranched alkanes of at least 4 members (excludes halogenated alkanes) is 1. The quantitative estimate of drug-likeness (QED) is 0.457. The maximum atomic E-state index is 12.9. The van der Waals surface area contributed by atoms with Crippen molar-refractivity contribution in [3.63, 3.8) is 0 Å². The van der Waals surface area contributed by atoms with Crippen LogP contribution < -0.4 is 16.7 Å². The fraction of sp³-hybridized carbons (Fsp3) is 0.600. The number of hydrogen-bond acceptors (Lipinski definition) is 8. The minimum Gasteiger partial charge on any atom is -0.396 e. The third kappa shape index (κ3) is 7.09. The minimum atomic E-state index is -0.307. The SMILES string of the molecule is NC1CCN(CCCCn2ccc(Nc3cc(C(=O)N4CCC(CO)CC4)ccn3)nc2=O)CC1. The Morgan fingerprint density at radius 3 is 2.51 bits per heavy atom. The van der Waals surface area contributed by atoms with E-state index in [0.717, 1.165) is 58.2 Å². The summed E-state index contributed by atoms with van der Waals surface area (Å²) in [4.78, 5) is 38.0. The molecule has 2 aromatic heterocycles. The molecule has 0 aromatic carbocycles. The van der Waals surface area contributed by atoms with Gasteiger partial charge in [-0.05, 0) is 82.3 Å². The summed E-state index contributed by atoms with van der Waals surface area (Å²) in [6.07, 6.45) is 9.02. The zero-order chi connectivity index (χ0) is 24.6. The van der Waals surface area contributed by atoms with Crippen molar-refractivity contribution >= 4 is 17.5 Å². The Hall–Kier alpha value is -2.82. The topological polar surface area (TPSA) is 130 Å². The van der Waals surface area contributed by atoms with E-state index in [1.165, 1.54) is 0 Å². The van der Waals surface area contributed by atoms with Gasteiger partial charge in [0.2, 0.25) is 0 Å². The molecule has 190 valence electrons. The summed E-state index contributed by atoms with van der Waals surface area (Å²) in [5, 5.41) is 12.3. The Labute approximate surface area is 206 Å². The van der Waals surface area contributed by atoms with Gasteiger partial charge in [0.05, 0.1) is 0 Å². The molecule has 10 heteroatoms. The number of hydrogen-bond donors (Lipinski definition) is 3. The molecule has 2 saturated heterocycles. The van der Waals surface area contributed by atoms with Crippen LogP contribution >= 0.6 is 0 Å². The Morgan fingerprint density at radius 2 is 1.80 bits per heavy atom. The zero-order valence-corrected chi connectivity index (χ0v) is 20.3. The van der Waals surface area contributed by atoms with Crippen molar-refractivity contribution in [2.45, 2.75) is 51.1 Å². The van der Waals surface area contributed by atoms with Gasteiger partial charge in [0.1, 0.15) is 11.6 Å². The fourth-order valence-electron chi connectivity index (χ4n) is 4.73. The summed E-state index contributed by atoms with van der Waals surface area (Å²) in [5.41, 5.74) is 6.19. The monoisotopic (exact) mass is 483 g/mol. The van der Waals surface area contributed by atoms with Crippen LogP contribution in [-0.4, -0.2) is 80.7 Å². The van der Waals surface area contributed by atoms with Gasteiger partial charge in [-0.15, -0.1) is 0 Å². The van der Waals surface area contributed by atoms with Gasteiger partial charge in [-0.2, -0.15) is 4.98 Å². The van der Waals surface area contributed by atoms with E-state index in [1.54, 1.807) is 35.2 Å². The highest BCUT2D eigenvalue weighted by Crippen LogP contribution is 2.20. The van der Waals surface area contributed by atoms with Crippen molar-refractivity contribution in [2.75, 3.05) is 44.6 Å². The molecule has 4 N–H and O–H groups in total. The molecule has 0 radical (unpaired) electrons. The first-order valence-electron chi connectivity index (χ1n) is 12.7. The number of carbonyl (C=O) groups is 1. The number of aliphatic hydroxyl groups excluding tert-OH is 1. The molecular weight excluding hydrogens is 446 g/mol. The van der Waals surface area contributed by atoms with Gasteiger partial charge in [0.25, 0.3) is 5.91 Å². The number of nitrogens with one attached hydrogen (secondary N) is 1. The number of rotatable bonds is 9. The average molecular weight is 484 g/mol. The molecule has 0 saturated carbocycles. The molecule has 0 unspecified atom stereocenters. The van der Waals surface area contributed by atoms with Crippen LogP contribution in [0.5, 0.6) is 0 Å². The molecule has 2 aromatic rings. The molecule has 0 spiro atoms. The third-order valence-corrected chi connectivity index (χ3v) is 7.05. The van der Waals surface area contributed by atoms with Crippen LogP contribution in [0.2, 0.25) is 0 Å². The van der Waals surface area contributed by atoms with E-state index in [2.05, 4.69) is 20.2 Å². The first kappa shape index (κ1) is 25.3. The Morgan fingerprint density at radius 1 is 1.06 bits per heavy atom. The summed E-state index contributed by atoms with van der Waals surface area (Å²) < 4.78 is 1.63. The number of carbonyl (C=O) groups excluding carboxylic acids is 1. The summed E-state index contributed by atoms with van der Waals surface area (Å²) in [6, 6.07) is 5.47. The van der Waals surface area contributed by atoms with Crippen LogP contribution in [0.1, 0.15) is 48.9 Å². The number of anilines is 2. The second-order valence-corrected chi connectivity index (χ2v) is 9.65. The van der Waals surface area contributed by atoms with Crippen LogP contribution in [0, 0.1) is 5.92 Å². The van der Waals surface area contributed by atoms with Gasteiger partial charge >= 0.3 is 5.69 Å². The lowest BCUT2D eigenvalue weighted by molar-refractivity contribution is 0.0651. The predicted molar refractivity (Wildman–Crippen MR) is 135 cm³/mol. The summed E-state index contributed by atoms with van der Waals surface area (Å²) in [6.45, 7) is 5.25. The normalized spacial score (nSPS) is 18.1. The van der Waals surface area contributed by atoms with Gasteiger partial charge < -0.3 is 26.0 Å². The number of likely N-dealkylation sites (tertiary alicyclic amines) is 2. The van der Waals surface area contributed by atoms with Crippen molar-refractivity contribution in [2.24, 2.45) is 11.7 Å². The van der Waals surface area contributed by atoms with Crippen molar-refractivity contribution in [3.8, 4) is 0 Å². The Kier molecular flexibility index (Phi) is 8.84. The van der Waals surface area contributed by atoms with E-state index in [1.807, 2.05) is 4.90 Å². The zero-order valence-electron chi connectivity index (χ0n) is 20.3. The van der Waals surface area contributed by atoms with E-state index >= 15 is 0 Å². The second kappa shape index (κ2) is 12.2. The van der Waals surface area contributed by atoms with Crippen molar-refractivity contribution < 1.29 is 9.90 Å². The van der Waals surface area contributed by atoms with Crippen LogP contribution in [0.4, 0.5) is 11.6 Å². The van der Waals surface area contributed by atoms with Crippen LogP contribution in [0.15, 0.2) is 35.4 Å². The Balaban J connectivity index is 1.27. The molecular formula is C25H37N7O3. The van der Waals surface area contributed by atoms with Gasteiger partial charge in [-0.3, -0.25) is 9.36 Å². The number of amides is 1. The number of aliphatic hydroxyl groups is 1. The number of nitrogens with two attached hydrogens (primary N) is 1. The summed E-state index contributed by atoms with van der Waals surface area (Å²) in [5.74, 6) is 1.09. The number of aryl methyl sites for hydroxylation is 1. The maximum absolute atomic E-state index is 12.9. The van der Waals surface area contributed by atoms with E-state index in [-0.39, 0.29) is 24.1 Å². The van der Waals surface area contributed by atoms with Gasteiger partial charge in [-0.25, -0.2) is 9.78 Å². The molecule has 10 nitrogen and oxygen atoms in total. The van der Waals surface area contributed by atoms with E-state index in [9.17, 15) is 14.7 Å². The van der Waals surface area contributed by atoms with E-state index in [0.29, 0.717) is 42.9 Å². The van der Waals surface area contributed by atoms with Crippen LogP contribution in [0.25, 0.3) is 0 Å². The van der Waals surface area contributed by atoms with E-state index in [4.69, 9.17) is 5.73 Å². The molecule has 1 amide bonds. The third-order valence-electron chi connectivity index (χ3n) is 7.05. The highest BCUT2D eigenvalue weighted by molar-refractivity contribution is 5.95. The average Bonchev–Trinajstić information content (AvgIpc) is 2.88. The lowest BCUT2D eigenvalue weighted by Crippen LogP contribution is -2.40. The lowest BCUT2D eigenvalue weighted by atomic mass is 9.97. The maximum Gasteiger partial charge on any atom is 0.349 e. The Bertz CT molecular complexity index is 1030. The van der Waals surface area contributed by atoms with Gasteiger partial charge in [-0.1, -0.05) is 0 Å². The van der Waals surface area contributed by atoms with Crippen molar-refractivity contribution in [3.05, 3.63) is 46.6 Å². The number of nitrogens with zero attached hydrogens (tertiary/aromatic N) is 5. The standard InChI is InChI=1S/C25H37N7O3/c26-21-6-12-30(13-7-21)10-1-2-11-32-16-8-22(29-25(32)35)28-23-17-20(3-9-27-23)24(34)31-14-4-19(18-33)5-15-31/h3,8-9,16-17,19,21,33H,1-2,4-7,10-15,18,26H2,(H,27,28,29,35). The van der Waals surface area contributed by atoms with Crippen LogP contribution in [0.3, 0.4) is 0 Å². The van der Waals surface area contributed by atoms with Crippen LogP contribution in [-0.2, 0) is 6.54 Å². The fourth-order valence-corrected chi connectivity index (χ4v) is 4.73. The summed E-state index contributed by atoms with van der Waals surface area (Å²) >= 11 is 0. The molecule has 0 aliphatic carbocycles. The van der Waals surface area contributed by atoms with Crippen molar-refractivity contribution in [1.29, 1.82) is 0 Å². The molecule has 4 rings (SSSR count). The first-order valence-corrected chi connectivity index (χ1v) is 12.7. The molecule has 4 heterocycles. The molecule has 2 aliphatic rings. The molecule has 0 bridgehead atoms. The van der Waals surface area contributed by atoms with Gasteiger partial charge in [0, 0.05) is 50.2 Å². The first-order chi connectivity index (χ1) is 17.0. The summed E-state index contributed by atoms with van der Waals surface area (Å²) in [7, 11) is 0. The second-order valence-electron chi connectivity index (χ2n) is 9.65. The van der Waals surface area contributed by atoms with Crippen molar-refractivity contribution in [1.82, 2.24) is 24.3 Å². The highest BCUT2D eigenvalue weighted by atomic mass is 16.3. The number of pyridine rings is 1. The predicted octanol–water partition coefficient (Wildman–Crippen LogP) is 1.43. The number of piperidine rings is 2. The molecule has 2 fully saturated rings. The van der Waals surface area contributed by atoms with Gasteiger partial charge in [0.15, 0.2) is 0 Å². The molecule has 2 aliphatic heterocycles. The lowest BCUT2D eigenvalue weighted by Gasteiger charge is -2.31. The highest BCUT2D eigenvalue weighted by Gasteiger charge is 2.23. The number of aromatic nitrogens is 3. The molecule has 0 atom stereocenters. The minimum absolute atomic E-state index is 0.0531.